The highest BCUT2D eigenvalue weighted by molar-refractivity contribution is 8.16. The van der Waals surface area contributed by atoms with Gasteiger partial charge in [-0.2, -0.15) is 0 Å². The van der Waals surface area contributed by atoms with E-state index in [-0.39, 0.29) is 5.41 Å². The van der Waals surface area contributed by atoms with Gasteiger partial charge in [-0.15, -0.1) is 0 Å². The van der Waals surface area contributed by atoms with Gasteiger partial charge in [-0.25, -0.2) is 4.78 Å². The number of nitrogens with one attached hydrogen (secondary N) is 3. The van der Waals surface area contributed by atoms with Crippen LogP contribution < -0.4 is 20.2 Å². The van der Waals surface area contributed by atoms with Crippen molar-refractivity contribution in [3.63, 3.8) is 0 Å². The van der Waals surface area contributed by atoms with E-state index in [0.29, 0.717) is 6.54 Å². The molecular weight excluding hydrogens is 423 g/mol. The molecule has 3 heterocycles. The number of hydrogen-bond donors (Lipinski definition) is 3. The van der Waals surface area contributed by atoms with E-state index in [1.165, 1.54) is 49.1 Å². The summed E-state index contributed by atoms with van der Waals surface area (Å²) in [6, 6.07) is 14.4. The second-order valence-electron chi connectivity index (χ2n) is 9.46. The minimum absolute atomic E-state index is 0.111. The van der Waals surface area contributed by atoms with Gasteiger partial charge in [0.1, 0.15) is 16.8 Å². The molecule has 2 fully saturated rings. The van der Waals surface area contributed by atoms with Crippen molar-refractivity contribution in [2.45, 2.75) is 46.1 Å². The first kappa shape index (κ1) is 21.0. The van der Waals surface area contributed by atoms with E-state index in [4.69, 9.17) is 16.2 Å². The van der Waals surface area contributed by atoms with Crippen molar-refractivity contribution in [2.24, 2.45) is 5.41 Å². The molecule has 31 heavy (non-hydrogen) atoms. The van der Waals surface area contributed by atoms with Gasteiger partial charge in [0.05, 0.1) is 37.3 Å². The third kappa shape index (κ3) is 4.03. The molecule has 5 rings (SSSR count). The highest BCUT2D eigenvalue weighted by Gasteiger charge is 2.48. The van der Waals surface area contributed by atoms with Crippen molar-refractivity contribution in [3.8, 4) is 0 Å². The third-order valence-corrected chi connectivity index (χ3v) is 10.5. The van der Waals surface area contributed by atoms with Crippen molar-refractivity contribution >= 4 is 23.8 Å². The van der Waals surface area contributed by atoms with Gasteiger partial charge in [0.2, 0.25) is 0 Å². The molecule has 7 heteroatoms. The Labute approximate surface area is 190 Å². The second-order valence-corrected chi connectivity index (χ2v) is 13.4. The lowest BCUT2D eigenvalue weighted by Crippen LogP contribution is -3.11. The van der Waals surface area contributed by atoms with Crippen molar-refractivity contribution in [2.75, 3.05) is 17.9 Å². The summed E-state index contributed by atoms with van der Waals surface area (Å²) in [6.07, 6.45) is 6.80. The van der Waals surface area contributed by atoms with E-state index in [2.05, 4.69) is 65.5 Å². The Morgan fingerprint density at radius 3 is 2.61 bits per heavy atom. The van der Waals surface area contributed by atoms with Gasteiger partial charge in [-0.3, -0.25) is 10.5 Å². The normalized spacial score (nSPS) is 25.9. The molecule has 3 N–H and O–H groups in total. The minimum atomic E-state index is -2.32. The lowest BCUT2D eigenvalue weighted by Gasteiger charge is -2.35. The fourth-order valence-corrected chi connectivity index (χ4v) is 8.89. The predicted octanol–water partition coefficient (Wildman–Crippen LogP) is 4.30. The van der Waals surface area contributed by atoms with E-state index >= 15 is 0 Å². The van der Waals surface area contributed by atoms with Gasteiger partial charge in [-0.1, -0.05) is 49.9 Å². The Bertz CT molecular complexity index is 1040. The van der Waals surface area contributed by atoms with E-state index < -0.39 is 6.34 Å². The van der Waals surface area contributed by atoms with Gasteiger partial charge < -0.3 is 9.32 Å². The summed E-state index contributed by atoms with van der Waals surface area (Å²) in [5, 5.41) is 5.13. The zero-order valence-corrected chi connectivity index (χ0v) is 20.1. The van der Waals surface area contributed by atoms with Crippen LogP contribution in [0.25, 0.3) is 0 Å². The van der Waals surface area contributed by atoms with Crippen LogP contribution in [0.5, 0.6) is 0 Å². The Morgan fingerprint density at radius 2 is 1.90 bits per heavy atom. The number of hydrogen-bond acceptors (Lipinski definition) is 3. The Hall–Kier alpha value is -1.85. The van der Waals surface area contributed by atoms with Crippen LogP contribution in [0.15, 0.2) is 75.9 Å². The number of hydrazine groups is 1. The Kier molecular flexibility index (Phi) is 5.59. The summed E-state index contributed by atoms with van der Waals surface area (Å²) in [4.78, 5) is 1.63. The Balaban J connectivity index is 1.62. The molecule has 0 unspecified atom stereocenters. The van der Waals surface area contributed by atoms with Crippen molar-refractivity contribution in [1.29, 1.82) is 0 Å². The fraction of sp³-hybridized carbons (Fsp3) is 0.417. The van der Waals surface area contributed by atoms with Crippen LogP contribution in [0.1, 0.15) is 45.3 Å². The maximum atomic E-state index is 6.57. The molecule has 1 atom stereocenters. The number of benzene rings is 1. The van der Waals surface area contributed by atoms with Gasteiger partial charge >= 0.3 is 0 Å². The number of quaternary nitrogens is 1. The van der Waals surface area contributed by atoms with Crippen LogP contribution >= 0.6 is 6.34 Å². The molecule has 0 radical (unpaired) electrons. The van der Waals surface area contributed by atoms with Gasteiger partial charge in [0, 0.05) is 6.42 Å². The maximum Gasteiger partial charge on any atom is 0.153 e. The summed E-state index contributed by atoms with van der Waals surface area (Å²) in [5.74, 6) is 0.915. The van der Waals surface area contributed by atoms with Crippen molar-refractivity contribution in [3.05, 3.63) is 77.3 Å². The van der Waals surface area contributed by atoms with E-state index in [0.717, 1.165) is 17.9 Å². The second kappa shape index (κ2) is 8.25. The molecule has 1 aromatic carbocycles. The SMILES string of the molecule is CC1(C)C=C2NN(c3ccccc3)[P@@](=S)(NCc3ccco3)C2=C([NH+]2CCCCC2)C1. The molecule has 0 amide bonds. The van der Waals surface area contributed by atoms with E-state index in [9.17, 15) is 0 Å². The number of para-hydroxylation sites is 1. The monoisotopic (exact) mass is 455 g/mol. The van der Waals surface area contributed by atoms with Crippen molar-refractivity contribution < 1.29 is 9.32 Å². The summed E-state index contributed by atoms with van der Waals surface area (Å²) in [6.45, 7) is 7.72. The summed E-state index contributed by atoms with van der Waals surface area (Å²) in [5.41, 5.74) is 7.66. The topological polar surface area (TPSA) is 44.9 Å². The molecule has 2 aromatic rings. The number of rotatable bonds is 5. The molecule has 0 spiro atoms. The fourth-order valence-electron chi connectivity index (χ4n) is 5.05. The van der Waals surface area contributed by atoms with Crippen LogP contribution in [0.2, 0.25) is 0 Å². The zero-order valence-electron chi connectivity index (χ0n) is 18.4. The van der Waals surface area contributed by atoms with Crippen LogP contribution in [0, 0.1) is 5.41 Å². The molecule has 1 aromatic heterocycles. The minimum Gasteiger partial charge on any atom is -0.468 e. The van der Waals surface area contributed by atoms with Crippen molar-refractivity contribution in [1.82, 2.24) is 10.5 Å². The highest BCUT2D eigenvalue weighted by atomic mass is 32.4. The molecule has 5 nitrogen and oxygen atoms in total. The van der Waals surface area contributed by atoms with Crippen LogP contribution in [-0.4, -0.2) is 13.1 Å². The van der Waals surface area contributed by atoms with Crippen LogP contribution in [-0.2, 0) is 18.4 Å². The maximum absolute atomic E-state index is 6.57. The van der Waals surface area contributed by atoms with Crippen LogP contribution in [0.4, 0.5) is 5.69 Å². The average molecular weight is 456 g/mol. The van der Waals surface area contributed by atoms with E-state index in [1.54, 1.807) is 11.2 Å². The first-order valence-electron chi connectivity index (χ1n) is 11.3. The van der Waals surface area contributed by atoms with Gasteiger partial charge in [0.15, 0.2) is 6.34 Å². The molecule has 0 bridgehead atoms. The molecule has 3 aliphatic rings. The Morgan fingerprint density at radius 1 is 1.13 bits per heavy atom. The number of fused-ring (bicyclic) bond motifs is 1. The molecular formula is C24H32N4OPS+. The lowest BCUT2D eigenvalue weighted by atomic mass is 9.82. The first-order valence-corrected chi connectivity index (χ1v) is 14.0. The molecule has 2 aliphatic heterocycles. The molecule has 1 aliphatic carbocycles. The number of anilines is 1. The predicted molar refractivity (Wildman–Crippen MR) is 130 cm³/mol. The lowest BCUT2D eigenvalue weighted by molar-refractivity contribution is -0.868. The number of allylic oxidation sites excluding steroid dienone is 3. The molecule has 2 saturated heterocycles. The number of furan rings is 1. The first-order chi connectivity index (χ1) is 15.0. The van der Waals surface area contributed by atoms with Gasteiger partial charge in [-0.05, 0) is 48.9 Å². The number of piperidine rings is 1. The quantitative estimate of drug-likeness (QED) is 0.587. The largest absolute Gasteiger partial charge is 0.468 e. The third-order valence-electron chi connectivity index (χ3n) is 6.45. The number of nitrogens with zero attached hydrogens (tertiary/aromatic N) is 1. The summed E-state index contributed by atoms with van der Waals surface area (Å²) in [7, 11) is 0. The molecule has 0 saturated carbocycles. The zero-order chi connectivity index (χ0) is 21.5. The highest BCUT2D eigenvalue weighted by Crippen LogP contribution is 2.64. The molecule has 164 valence electrons. The summed E-state index contributed by atoms with van der Waals surface area (Å²) >= 11 is 6.57. The average Bonchev–Trinajstić information content (AvgIpc) is 3.39. The standard InChI is InChI=1S/C24H31N4OPS/c1-24(2)16-21-23(22(17-24)27-13-7-4-8-14-27)30(31,25-18-20-12-9-15-29-20)28(26-21)19-10-5-3-6-11-19/h3,5-6,9-12,15-16,26H,4,7-8,13-14,17-18H2,1-2H3,(H,25,31)/p+1/t30-/m0/s1. The van der Waals surface area contributed by atoms with E-state index in [1.807, 2.05) is 12.1 Å². The smallest absolute Gasteiger partial charge is 0.153 e. The van der Waals surface area contributed by atoms with Gasteiger partial charge in [0.25, 0.3) is 0 Å². The number of likely N-dealkylation sites (tertiary alicyclic amines) is 1. The summed E-state index contributed by atoms with van der Waals surface area (Å²) < 4.78 is 7.86. The van der Waals surface area contributed by atoms with Crippen LogP contribution in [0.3, 0.4) is 0 Å².